The highest BCUT2D eigenvalue weighted by molar-refractivity contribution is 9.10. The number of hydrogen-bond acceptors (Lipinski definition) is 2. The molecule has 13 heavy (non-hydrogen) atoms. The van der Waals surface area contributed by atoms with Gasteiger partial charge in [0.15, 0.2) is 0 Å². The summed E-state index contributed by atoms with van der Waals surface area (Å²) >= 11 is 3.55. The topological polar surface area (TPSA) is 29.3 Å². The van der Waals surface area contributed by atoms with Gasteiger partial charge in [0.2, 0.25) is 0 Å². The number of aryl methyl sites for hydroxylation is 1. The van der Waals surface area contributed by atoms with Gasteiger partial charge in [-0.2, -0.15) is 0 Å². The molecule has 0 spiro atoms. The van der Waals surface area contributed by atoms with Gasteiger partial charge < -0.3 is 10.6 Å². The number of fused-ring (bicyclic) bond motifs is 1. The van der Waals surface area contributed by atoms with Crippen LogP contribution in [0.2, 0.25) is 0 Å². The van der Waals surface area contributed by atoms with Crippen LogP contribution in [0.25, 0.3) is 0 Å². The molecule has 0 amide bonds. The highest BCUT2D eigenvalue weighted by Gasteiger charge is 2.16. The summed E-state index contributed by atoms with van der Waals surface area (Å²) in [6.45, 7) is 1.13. The van der Waals surface area contributed by atoms with Gasteiger partial charge in [-0.1, -0.05) is 0 Å². The molecule has 3 heteroatoms. The first-order chi connectivity index (χ1) is 6.18. The number of hydrogen-bond donors (Lipinski definition) is 1. The van der Waals surface area contributed by atoms with Gasteiger partial charge >= 0.3 is 0 Å². The number of rotatable bonds is 0. The number of halogens is 1. The first kappa shape index (κ1) is 8.88. The fourth-order valence-electron chi connectivity index (χ4n) is 1.92. The van der Waals surface area contributed by atoms with Crippen molar-refractivity contribution in [3.05, 3.63) is 22.2 Å². The summed E-state index contributed by atoms with van der Waals surface area (Å²) in [5, 5.41) is 0. The van der Waals surface area contributed by atoms with Gasteiger partial charge in [-0.25, -0.2) is 0 Å². The predicted molar refractivity (Wildman–Crippen MR) is 60.1 cm³/mol. The minimum absolute atomic E-state index is 0.848. The SMILES string of the molecule is CN1CCCc2cc(N)cc(Br)c21. The monoisotopic (exact) mass is 240 g/mol. The molecule has 0 radical (unpaired) electrons. The van der Waals surface area contributed by atoms with Crippen LogP contribution in [0.5, 0.6) is 0 Å². The summed E-state index contributed by atoms with van der Waals surface area (Å²) in [5.74, 6) is 0. The minimum Gasteiger partial charge on any atom is -0.399 e. The van der Waals surface area contributed by atoms with E-state index in [0.717, 1.165) is 23.1 Å². The molecule has 0 atom stereocenters. The van der Waals surface area contributed by atoms with Gasteiger partial charge in [0.25, 0.3) is 0 Å². The van der Waals surface area contributed by atoms with E-state index in [2.05, 4.69) is 33.9 Å². The molecule has 1 aromatic carbocycles. The third-order valence-electron chi connectivity index (χ3n) is 2.49. The molecular formula is C10H13BrN2. The third kappa shape index (κ3) is 1.53. The molecule has 0 unspecified atom stereocenters. The molecule has 0 aliphatic carbocycles. The molecule has 1 aliphatic rings. The van der Waals surface area contributed by atoms with Crippen molar-refractivity contribution in [2.45, 2.75) is 12.8 Å². The van der Waals surface area contributed by atoms with Gasteiger partial charge in [-0.15, -0.1) is 0 Å². The number of anilines is 2. The van der Waals surface area contributed by atoms with Crippen molar-refractivity contribution in [2.24, 2.45) is 0 Å². The molecule has 1 aromatic rings. The Hall–Kier alpha value is -0.700. The molecule has 0 bridgehead atoms. The zero-order valence-corrected chi connectivity index (χ0v) is 9.26. The Labute approximate surface area is 86.9 Å². The van der Waals surface area contributed by atoms with Crippen molar-refractivity contribution in [2.75, 3.05) is 24.2 Å². The van der Waals surface area contributed by atoms with Gasteiger partial charge in [0.05, 0.1) is 5.69 Å². The van der Waals surface area contributed by atoms with E-state index >= 15 is 0 Å². The Bertz CT molecular complexity index is 336. The maximum Gasteiger partial charge on any atom is 0.0542 e. The third-order valence-corrected chi connectivity index (χ3v) is 3.09. The van der Waals surface area contributed by atoms with Crippen molar-refractivity contribution in [3.8, 4) is 0 Å². The van der Waals surface area contributed by atoms with Crippen LogP contribution < -0.4 is 10.6 Å². The normalized spacial score (nSPS) is 15.7. The average molecular weight is 241 g/mol. The van der Waals surface area contributed by atoms with Crippen molar-refractivity contribution < 1.29 is 0 Å². The summed E-state index contributed by atoms with van der Waals surface area (Å²) in [4.78, 5) is 2.28. The average Bonchev–Trinajstić information content (AvgIpc) is 2.02. The smallest absolute Gasteiger partial charge is 0.0542 e. The van der Waals surface area contributed by atoms with Crippen molar-refractivity contribution in [3.63, 3.8) is 0 Å². The standard InChI is InChI=1S/C10H13BrN2/c1-13-4-2-3-7-5-8(12)6-9(11)10(7)13/h5-6H,2-4,12H2,1H3. The molecular weight excluding hydrogens is 228 g/mol. The Morgan fingerprint density at radius 2 is 2.23 bits per heavy atom. The van der Waals surface area contributed by atoms with Crippen molar-refractivity contribution in [1.82, 2.24) is 0 Å². The van der Waals surface area contributed by atoms with Crippen LogP contribution in [0.15, 0.2) is 16.6 Å². The van der Waals surface area contributed by atoms with Crippen LogP contribution in [-0.4, -0.2) is 13.6 Å². The van der Waals surface area contributed by atoms with Crippen LogP contribution in [-0.2, 0) is 6.42 Å². The molecule has 0 aromatic heterocycles. The lowest BCUT2D eigenvalue weighted by molar-refractivity contribution is 0.743. The Kier molecular flexibility index (Phi) is 2.20. The molecule has 0 saturated carbocycles. The highest BCUT2D eigenvalue weighted by atomic mass is 79.9. The molecule has 70 valence electrons. The lowest BCUT2D eigenvalue weighted by Crippen LogP contribution is -2.25. The number of nitrogen functional groups attached to an aromatic ring is 1. The second-order valence-electron chi connectivity index (χ2n) is 3.54. The Balaban J connectivity index is 2.56. The zero-order chi connectivity index (χ0) is 9.42. The minimum atomic E-state index is 0.848. The summed E-state index contributed by atoms with van der Waals surface area (Å²) in [5.41, 5.74) is 9.30. The largest absolute Gasteiger partial charge is 0.399 e. The number of benzene rings is 1. The van der Waals surface area contributed by atoms with E-state index in [-0.39, 0.29) is 0 Å². The molecule has 2 nitrogen and oxygen atoms in total. The molecule has 0 fully saturated rings. The van der Waals surface area contributed by atoms with Crippen molar-refractivity contribution in [1.29, 1.82) is 0 Å². The van der Waals surface area contributed by atoms with E-state index in [9.17, 15) is 0 Å². The maximum absolute atomic E-state index is 5.78. The Morgan fingerprint density at radius 1 is 1.46 bits per heavy atom. The summed E-state index contributed by atoms with van der Waals surface area (Å²) < 4.78 is 1.12. The van der Waals surface area contributed by atoms with E-state index in [0.29, 0.717) is 0 Å². The van der Waals surface area contributed by atoms with E-state index in [4.69, 9.17) is 5.73 Å². The van der Waals surface area contributed by atoms with Crippen LogP contribution in [0.1, 0.15) is 12.0 Å². The number of nitrogens with two attached hydrogens (primary N) is 1. The van der Waals surface area contributed by atoms with E-state index < -0.39 is 0 Å². The van der Waals surface area contributed by atoms with E-state index in [1.165, 1.54) is 17.7 Å². The lowest BCUT2D eigenvalue weighted by Gasteiger charge is -2.28. The fourth-order valence-corrected chi connectivity index (χ4v) is 2.74. The predicted octanol–water partition coefficient (Wildman–Crippen LogP) is 2.41. The zero-order valence-electron chi connectivity index (χ0n) is 7.68. The van der Waals surface area contributed by atoms with Crippen LogP contribution >= 0.6 is 15.9 Å². The molecule has 1 aliphatic heterocycles. The summed E-state index contributed by atoms with van der Waals surface area (Å²) in [6.07, 6.45) is 2.36. The van der Waals surface area contributed by atoms with Gasteiger partial charge in [0.1, 0.15) is 0 Å². The maximum atomic E-state index is 5.78. The van der Waals surface area contributed by atoms with E-state index in [1.807, 2.05) is 6.07 Å². The van der Waals surface area contributed by atoms with E-state index in [1.54, 1.807) is 0 Å². The van der Waals surface area contributed by atoms with Crippen LogP contribution in [0.3, 0.4) is 0 Å². The first-order valence-electron chi connectivity index (χ1n) is 4.47. The quantitative estimate of drug-likeness (QED) is 0.707. The van der Waals surface area contributed by atoms with Crippen molar-refractivity contribution >= 4 is 27.3 Å². The second kappa shape index (κ2) is 3.22. The molecule has 2 rings (SSSR count). The summed E-state index contributed by atoms with van der Waals surface area (Å²) in [6, 6.07) is 4.05. The number of nitrogens with zero attached hydrogens (tertiary/aromatic N) is 1. The Morgan fingerprint density at radius 3 is 3.00 bits per heavy atom. The van der Waals surface area contributed by atoms with Crippen LogP contribution in [0.4, 0.5) is 11.4 Å². The van der Waals surface area contributed by atoms with Gasteiger partial charge in [-0.3, -0.25) is 0 Å². The fraction of sp³-hybridized carbons (Fsp3) is 0.400. The lowest BCUT2D eigenvalue weighted by atomic mass is 10.0. The van der Waals surface area contributed by atoms with Gasteiger partial charge in [-0.05, 0) is 46.5 Å². The molecule has 0 saturated heterocycles. The first-order valence-corrected chi connectivity index (χ1v) is 5.27. The molecule has 1 heterocycles. The summed E-state index contributed by atoms with van der Waals surface area (Å²) in [7, 11) is 2.12. The highest BCUT2D eigenvalue weighted by Crippen LogP contribution is 2.35. The molecule has 2 N–H and O–H groups in total. The van der Waals surface area contributed by atoms with Gasteiger partial charge in [0, 0.05) is 23.8 Å². The second-order valence-corrected chi connectivity index (χ2v) is 4.39. The van der Waals surface area contributed by atoms with Crippen LogP contribution in [0, 0.1) is 0 Å².